The highest BCUT2D eigenvalue weighted by molar-refractivity contribution is 7.16. The molecular weight excluding hydrogens is 314 g/mol. The number of thiophene rings is 1. The Morgan fingerprint density at radius 3 is 2.90 bits per heavy atom. The van der Waals surface area contributed by atoms with E-state index in [1.54, 1.807) is 16.8 Å². The van der Waals surface area contributed by atoms with Crippen LogP contribution in [0.2, 0.25) is 4.34 Å². The van der Waals surface area contributed by atoms with Crippen molar-refractivity contribution < 1.29 is 4.79 Å². The standard InChI is InChI=1S/C13H16ClN3OS2/c14-12-5-4-11(20-12)3-1-2-6-15-13(18)16-7-10-8-19-9-17-10/h4-5,8-9H,1-3,6-7H2,(H2,15,16,18). The number of nitrogens with zero attached hydrogens (tertiary/aromatic N) is 1. The fourth-order valence-electron chi connectivity index (χ4n) is 1.67. The highest BCUT2D eigenvalue weighted by atomic mass is 35.5. The van der Waals surface area contributed by atoms with Crippen LogP contribution in [-0.4, -0.2) is 17.6 Å². The van der Waals surface area contributed by atoms with Crippen molar-refractivity contribution in [1.29, 1.82) is 0 Å². The van der Waals surface area contributed by atoms with Gasteiger partial charge in [0.15, 0.2) is 0 Å². The van der Waals surface area contributed by atoms with Gasteiger partial charge in [-0.3, -0.25) is 0 Å². The Morgan fingerprint density at radius 1 is 1.30 bits per heavy atom. The molecule has 4 nitrogen and oxygen atoms in total. The highest BCUT2D eigenvalue weighted by Crippen LogP contribution is 2.22. The monoisotopic (exact) mass is 329 g/mol. The molecule has 2 aromatic rings. The number of rotatable bonds is 7. The van der Waals surface area contributed by atoms with Gasteiger partial charge in [-0.2, -0.15) is 0 Å². The maximum Gasteiger partial charge on any atom is 0.315 e. The van der Waals surface area contributed by atoms with E-state index < -0.39 is 0 Å². The first-order valence-electron chi connectivity index (χ1n) is 6.37. The van der Waals surface area contributed by atoms with Crippen molar-refractivity contribution in [2.75, 3.05) is 6.54 Å². The molecule has 0 aromatic carbocycles. The van der Waals surface area contributed by atoms with Crippen LogP contribution in [0.4, 0.5) is 4.79 Å². The van der Waals surface area contributed by atoms with Crippen LogP contribution in [0.3, 0.4) is 0 Å². The fraction of sp³-hybridized carbons (Fsp3) is 0.385. The van der Waals surface area contributed by atoms with Crippen LogP contribution in [0, 0.1) is 0 Å². The summed E-state index contributed by atoms with van der Waals surface area (Å²) in [5.74, 6) is 0. The summed E-state index contributed by atoms with van der Waals surface area (Å²) in [6.45, 7) is 1.16. The molecular formula is C13H16ClN3OS2. The Morgan fingerprint density at radius 2 is 2.20 bits per heavy atom. The maximum absolute atomic E-state index is 11.5. The van der Waals surface area contributed by atoms with E-state index in [1.807, 2.05) is 11.4 Å². The highest BCUT2D eigenvalue weighted by Gasteiger charge is 2.01. The Labute approximate surface area is 131 Å². The molecule has 108 valence electrons. The summed E-state index contributed by atoms with van der Waals surface area (Å²) in [5.41, 5.74) is 2.64. The van der Waals surface area contributed by atoms with Crippen LogP contribution >= 0.6 is 34.3 Å². The SMILES string of the molecule is O=C(NCCCCc1ccc(Cl)s1)NCc1cscn1. The lowest BCUT2D eigenvalue weighted by atomic mass is 10.2. The number of amides is 2. The molecule has 0 saturated carbocycles. The largest absolute Gasteiger partial charge is 0.338 e. The summed E-state index contributed by atoms with van der Waals surface area (Å²) < 4.78 is 0.833. The zero-order chi connectivity index (χ0) is 14.2. The molecule has 2 rings (SSSR count). The zero-order valence-electron chi connectivity index (χ0n) is 10.9. The average molecular weight is 330 g/mol. The second kappa shape index (κ2) is 8.24. The van der Waals surface area contributed by atoms with Gasteiger partial charge in [-0.05, 0) is 31.4 Å². The number of carbonyl (C=O) groups is 1. The number of carbonyl (C=O) groups excluding carboxylic acids is 1. The summed E-state index contributed by atoms with van der Waals surface area (Å²) in [6, 6.07) is 3.84. The minimum atomic E-state index is -0.142. The Kier molecular flexibility index (Phi) is 6.29. The second-order valence-electron chi connectivity index (χ2n) is 4.25. The van der Waals surface area contributed by atoms with Crippen LogP contribution in [0.25, 0.3) is 0 Å². The van der Waals surface area contributed by atoms with E-state index in [4.69, 9.17) is 11.6 Å². The lowest BCUT2D eigenvalue weighted by molar-refractivity contribution is 0.240. The fourth-order valence-corrected chi connectivity index (χ4v) is 3.36. The lowest BCUT2D eigenvalue weighted by Gasteiger charge is -2.06. The third-order valence-corrected chi connectivity index (χ3v) is 4.60. The molecule has 0 atom stereocenters. The molecule has 2 N–H and O–H groups in total. The van der Waals surface area contributed by atoms with Gasteiger partial charge in [-0.1, -0.05) is 11.6 Å². The number of thiazole rings is 1. The quantitative estimate of drug-likeness (QED) is 0.761. The number of unbranched alkanes of at least 4 members (excludes halogenated alkanes) is 1. The van der Waals surface area contributed by atoms with Crippen LogP contribution in [0.5, 0.6) is 0 Å². The molecule has 2 heterocycles. The summed E-state index contributed by atoms with van der Waals surface area (Å²) in [7, 11) is 0. The van der Waals surface area contributed by atoms with Crippen molar-refractivity contribution in [2.45, 2.75) is 25.8 Å². The summed E-state index contributed by atoms with van der Waals surface area (Å²) in [4.78, 5) is 16.9. The molecule has 0 aliphatic carbocycles. The van der Waals surface area contributed by atoms with Gasteiger partial charge in [0.05, 0.1) is 22.1 Å². The van der Waals surface area contributed by atoms with Crippen LogP contribution < -0.4 is 10.6 Å². The van der Waals surface area contributed by atoms with Crippen molar-refractivity contribution in [2.24, 2.45) is 0 Å². The van der Waals surface area contributed by atoms with Gasteiger partial charge in [0.2, 0.25) is 0 Å². The number of hydrogen-bond acceptors (Lipinski definition) is 4. The average Bonchev–Trinajstić information content (AvgIpc) is 3.07. The first kappa shape index (κ1) is 15.3. The molecule has 0 spiro atoms. The minimum Gasteiger partial charge on any atom is -0.338 e. The predicted octanol–water partition coefficient (Wildman–Crippen LogP) is 3.68. The minimum absolute atomic E-state index is 0.142. The first-order chi connectivity index (χ1) is 9.74. The maximum atomic E-state index is 11.5. The molecule has 0 saturated heterocycles. The second-order valence-corrected chi connectivity index (χ2v) is 6.77. The molecule has 0 bridgehead atoms. The lowest BCUT2D eigenvalue weighted by Crippen LogP contribution is -2.35. The molecule has 0 aliphatic heterocycles. The Hall–Kier alpha value is -1.11. The number of aromatic nitrogens is 1. The van der Waals surface area contributed by atoms with Crippen molar-refractivity contribution in [3.05, 3.63) is 37.9 Å². The van der Waals surface area contributed by atoms with E-state index in [1.165, 1.54) is 16.2 Å². The molecule has 2 amide bonds. The molecule has 0 aliphatic rings. The summed E-state index contributed by atoms with van der Waals surface area (Å²) >= 11 is 9.01. The van der Waals surface area contributed by atoms with E-state index in [9.17, 15) is 4.79 Å². The predicted molar refractivity (Wildman–Crippen MR) is 84.6 cm³/mol. The molecule has 20 heavy (non-hydrogen) atoms. The van der Waals surface area contributed by atoms with E-state index >= 15 is 0 Å². The smallest absolute Gasteiger partial charge is 0.315 e. The normalized spacial score (nSPS) is 10.4. The van der Waals surface area contributed by atoms with Gasteiger partial charge < -0.3 is 10.6 Å². The Bertz CT molecular complexity index is 527. The Balaban J connectivity index is 1.51. The van der Waals surface area contributed by atoms with Crippen LogP contribution in [0.1, 0.15) is 23.4 Å². The van der Waals surface area contributed by atoms with Crippen molar-refractivity contribution in [1.82, 2.24) is 15.6 Å². The summed E-state index contributed by atoms with van der Waals surface area (Å²) in [5, 5.41) is 7.54. The van der Waals surface area contributed by atoms with E-state index in [0.717, 1.165) is 29.3 Å². The number of aryl methyl sites for hydroxylation is 1. The summed E-state index contributed by atoms with van der Waals surface area (Å²) in [6.07, 6.45) is 3.02. The van der Waals surface area contributed by atoms with Gasteiger partial charge in [0, 0.05) is 16.8 Å². The zero-order valence-corrected chi connectivity index (χ0v) is 13.3. The van der Waals surface area contributed by atoms with Crippen molar-refractivity contribution in [3.8, 4) is 0 Å². The third-order valence-electron chi connectivity index (χ3n) is 2.68. The number of urea groups is 1. The van der Waals surface area contributed by atoms with E-state index in [2.05, 4.69) is 21.7 Å². The van der Waals surface area contributed by atoms with Crippen LogP contribution in [-0.2, 0) is 13.0 Å². The number of nitrogens with one attached hydrogen (secondary N) is 2. The van der Waals surface area contributed by atoms with Gasteiger partial charge in [0.1, 0.15) is 0 Å². The van der Waals surface area contributed by atoms with Gasteiger partial charge >= 0.3 is 6.03 Å². The van der Waals surface area contributed by atoms with Crippen molar-refractivity contribution >= 4 is 40.3 Å². The third kappa shape index (κ3) is 5.48. The molecule has 0 unspecified atom stereocenters. The molecule has 0 radical (unpaired) electrons. The molecule has 7 heteroatoms. The van der Waals surface area contributed by atoms with Crippen LogP contribution in [0.15, 0.2) is 23.0 Å². The van der Waals surface area contributed by atoms with E-state index in [0.29, 0.717) is 13.1 Å². The number of halogens is 1. The molecule has 2 aromatic heterocycles. The van der Waals surface area contributed by atoms with Gasteiger partial charge in [-0.25, -0.2) is 9.78 Å². The van der Waals surface area contributed by atoms with Gasteiger partial charge in [-0.15, -0.1) is 22.7 Å². The van der Waals surface area contributed by atoms with E-state index in [-0.39, 0.29) is 6.03 Å². The topological polar surface area (TPSA) is 54.0 Å². The van der Waals surface area contributed by atoms with Gasteiger partial charge in [0.25, 0.3) is 0 Å². The number of hydrogen-bond donors (Lipinski definition) is 2. The first-order valence-corrected chi connectivity index (χ1v) is 8.51. The molecule has 0 fully saturated rings. The van der Waals surface area contributed by atoms with Crippen molar-refractivity contribution in [3.63, 3.8) is 0 Å².